The van der Waals surface area contributed by atoms with E-state index in [9.17, 15) is 8.42 Å². The molecule has 1 atom stereocenters. The van der Waals surface area contributed by atoms with Crippen molar-refractivity contribution in [3.63, 3.8) is 0 Å². The van der Waals surface area contributed by atoms with Crippen molar-refractivity contribution in [2.24, 2.45) is 0 Å². The lowest BCUT2D eigenvalue weighted by Gasteiger charge is -2.12. The third-order valence-electron chi connectivity index (χ3n) is 3.53. The van der Waals surface area contributed by atoms with Crippen molar-refractivity contribution in [1.29, 1.82) is 0 Å². The van der Waals surface area contributed by atoms with Gasteiger partial charge in [0, 0.05) is 0 Å². The van der Waals surface area contributed by atoms with E-state index in [1.165, 1.54) is 0 Å². The van der Waals surface area contributed by atoms with Crippen LogP contribution in [0.1, 0.15) is 22.8 Å². The Hall–Kier alpha value is -1.69. The fraction of sp³-hybridized carbons (Fsp3) is 0.250. The number of ether oxygens (including phenoxy) is 1. The molecule has 110 valence electrons. The predicted molar refractivity (Wildman–Crippen MR) is 78.3 cm³/mol. The number of aryl methyl sites for hydroxylation is 1. The molecule has 1 aliphatic heterocycles. The first kappa shape index (κ1) is 14.3. The van der Waals surface area contributed by atoms with Gasteiger partial charge in [0.2, 0.25) is 0 Å². The number of fused-ring (bicyclic) bond motifs is 1. The smallest absolute Gasteiger partial charge is 0.297 e. The van der Waals surface area contributed by atoms with Crippen molar-refractivity contribution in [3.05, 3.63) is 65.2 Å². The summed E-state index contributed by atoms with van der Waals surface area (Å²) in [5.74, 6) is 0. The van der Waals surface area contributed by atoms with Crippen LogP contribution >= 0.6 is 0 Å². The Morgan fingerprint density at radius 3 is 2.62 bits per heavy atom. The van der Waals surface area contributed by atoms with Crippen LogP contribution in [0.15, 0.2) is 53.4 Å². The van der Waals surface area contributed by atoms with E-state index in [0.29, 0.717) is 6.61 Å². The zero-order valence-corrected chi connectivity index (χ0v) is 12.5. The van der Waals surface area contributed by atoms with Gasteiger partial charge in [0.05, 0.1) is 18.1 Å². The average molecular weight is 304 g/mol. The normalized spacial score (nSPS) is 17.7. The molecule has 0 aromatic heterocycles. The minimum absolute atomic E-state index is 0.00672. The Labute approximate surface area is 124 Å². The van der Waals surface area contributed by atoms with E-state index >= 15 is 0 Å². The summed E-state index contributed by atoms with van der Waals surface area (Å²) in [6.45, 7) is 2.39. The van der Waals surface area contributed by atoms with Crippen molar-refractivity contribution in [1.82, 2.24) is 0 Å². The van der Waals surface area contributed by atoms with E-state index < -0.39 is 10.1 Å². The second-order valence-electron chi connectivity index (χ2n) is 5.05. The summed E-state index contributed by atoms with van der Waals surface area (Å²) in [6, 6.07) is 14.4. The lowest BCUT2D eigenvalue weighted by Crippen LogP contribution is -2.13. The molecular weight excluding hydrogens is 288 g/mol. The van der Waals surface area contributed by atoms with Gasteiger partial charge in [-0.15, -0.1) is 0 Å². The van der Waals surface area contributed by atoms with Gasteiger partial charge in [-0.05, 0) is 30.2 Å². The maximum atomic E-state index is 12.1. The molecule has 4 nitrogen and oxygen atoms in total. The molecule has 2 aromatic carbocycles. The van der Waals surface area contributed by atoms with Gasteiger partial charge in [-0.2, -0.15) is 8.42 Å². The molecule has 1 unspecified atom stereocenters. The second kappa shape index (κ2) is 5.60. The van der Waals surface area contributed by atoms with Gasteiger partial charge >= 0.3 is 0 Å². The molecule has 0 saturated heterocycles. The third-order valence-corrected chi connectivity index (χ3v) is 4.82. The van der Waals surface area contributed by atoms with Crippen molar-refractivity contribution in [2.45, 2.75) is 24.5 Å². The summed E-state index contributed by atoms with van der Waals surface area (Å²) < 4.78 is 35.0. The Morgan fingerprint density at radius 1 is 1.14 bits per heavy atom. The lowest BCUT2D eigenvalue weighted by molar-refractivity contribution is 0.0327. The highest BCUT2D eigenvalue weighted by molar-refractivity contribution is 7.86. The molecule has 21 heavy (non-hydrogen) atoms. The monoisotopic (exact) mass is 304 g/mol. The molecule has 0 fully saturated rings. The minimum atomic E-state index is -3.75. The summed E-state index contributed by atoms with van der Waals surface area (Å²) in [4.78, 5) is 0.166. The molecule has 0 radical (unpaired) electrons. The van der Waals surface area contributed by atoms with Gasteiger partial charge in [0.25, 0.3) is 10.1 Å². The summed E-state index contributed by atoms with van der Waals surface area (Å²) in [5, 5.41) is 0. The molecule has 2 aromatic rings. The highest BCUT2D eigenvalue weighted by atomic mass is 32.2. The molecular formula is C16H16O4S. The van der Waals surface area contributed by atoms with Crippen LogP contribution in [0.2, 0.25) is 0 Å². The van der Waals surface area contributed by atoms with E-state index in [0.717, 1.165) is 16.7 Å². The molecule has 1 aliphatic rings. The van der Waals surface area contributed by atoms with Gasteiger partial charge in [-0.3, -0.25) is 4.18 Å². The second-order valence-corrected chi connectivity index (χ2v) is 6.67. The van der Waals surface area contributed by atoms with E-state index in [1.807, 2.05) is 31.2 Å². The highest BCUT2D eigenvalue weighted by Crippen LogP contribution is 2.31. The van der Waals surface area contributed by atoms with Gasteiger partial charge in [-0.1, -0.05) is 42.0 Å². The zero-order chi connectivity index (χ0) is 14.9. The fourth-order valence-electron chi connectivity index (χ4n) is 2.32. The predicted octanol–water partition coefficient (Wildman–Crippen LogP) is 2.97. The van der Waals surface area contributed by atoms with Gasteiger partial charge in [0.1, 0.15) is 6.10 Å². The molecule has 0 N–H and O–H groups in total. The highest BCUT2D eigenvalue weighted by Gasteiger charge is 2.25. The SMILES string of the molecule is Cc1ccc(S(=O)(=O)OCC2OCc3ccccc32)cc1. The molecule has 0 saturated carbocycles. The maximum absolute atomic E-state index is 12.1. The zero-order valence-electron chi connectivity index (χ0n) is 11.7. The molecule has 0 amide bonds. The number of hydrogen-bond acceptors (Lipinski definition) is 4. The Morgan fingerprint density at radius 2 is 1.86 bits per heavy atom. The number of benzene rings is 2. The van der Waals surface area contributed by atoms with Crippen molar-refractivity contribution < 1.29 is 17.3 Å². The topological polar surface area (TPSA) is 52.6 Å². The molecule has 0 spiro atoms. The van der Waals surface area contributed by atoms with Gasteiger partial charge in [0.15, 0.2) is 0 Å². The molecule has 0 bridgehead atoms. The van der Waals surface area contributed by atoms with Crippen molar-refractivity contribution in [3.8, 4) is 0 Å². The number of rotatable bonds is 4. The number of hydrogen-bond donors (Lipinski definition) is 0. The van der Waals surface area contributed by atoms with Crippen LogP contribution in [-0.2, 0) is 25.6 Å². The maximum Gasteiger partial charge on any atom is 0.297 e. The summed E-state index contributed by atoms with van der Waals surface area (Å²) in [5.41, 5.74) is 3.08. The summed E-state index contributed by atoms with van der Waals surface area (Å²) >= 11 is 0. The Bertz CT molecular complexity index is 735. The molecule has 3 rings (SSSR count). The van der Waals surface area contributed by atoms with Crippen LogP contribution < -0.4 is 0 Å². The largest absolute Gasteiger partial charge is 0.366 e. The minimum Gasteiger partial charge on any atom is -0.366 e. The van der Waals surface area contributed by atoms with Crippen molar-refractivity contribution >= 4 is 10.1 Å². The van der Waals surface area contributed by atoms with Crippen molar-refractivity contribution in [2.75, 3.05) is 6.61 Å². The van der Waals surface area contributed by atoms with Gasteiger partial charge in [-0.25, -0.2) is 0 Å². The Balaban J connectivity index is 1.72. The van der Waals surface area contributed by atoms with E-state index in [-0.39, 0.29) is 17.6 Å². The molecule has 5 heteroatoms. The standard InChI is InChI=1S/C16H16O4S/c1-12-6-8-14(9-7-12)21(17,18)20-11-16-15-5-3-2-4-13(15)10-19-16/h2-9,16H,10-11H2,1H3. The van der Waals surface area contributed by atoms with Crippen LogP contribution in [0, 0.1) is 6.92 Å². The summed E-state index contributed by atoms with van der Waals surface area (Å²) in [6.07, 6.45) is -0.332. The van der Waals surface area contributed by atoms with Crippen LogP contribution in [0.3, 0.4) is 0 Å². The molecule has 1 heterocycles. The van der Waals surface area contributed by atoms with Gasteiger partial charge < -0.3 is 4.74 Å². The van der Waals surface area contributed by atoms with Crippen LogP contribution in [0.4, 0.5) is 0 Å². The first-order chi connectivity index (χ1) is 10.1. The Kier molecular flexibility index (Phi) is 3.80. The lowest BCUT2D eigenvalue weighted by atomic mass is 10.1. The average Bonchev–Trinajstić information content (AvgIpc) is 2.89. The third kappa shape index (κ3) is 3.00. The first-order valence-corrected chi connectivity index (χ1v) is 8.12. The first-order valence-electron chi connectivity index (χ1n) is 6.72. The van der Waals surface area contributed by atoms with E-state index in [1.54, 1.807) is 24.3 Å². The van der Waals surface area contributed by atoms with Crippen LogP contribution in [0.5, 0.6) is 0 Å². The van der Waals surface area contributed by atoms with Crippen LogP contribution in [-0.4, -0.2) is 15.0 Å². The van der Waals surface area contributed by atoms with E-state index in [2.05, 4.69) is 0 Å². The summed E-state index contributed by atoms with van der Waals surface area (Å²) in [7, 11) is -3.75. The van der Waals surface area contributed by atoms with E-state index in [4.69, 9.17) is 8.92 Å². The van der Waals surface area contributed by atoms with Crippen LogP contribution in [0.25, 0.3) is 0 Å². The quantitative estimate of drug-likeness (QED) is 0.815. The fourth-order valence-corrected chi connectivity index (χ4v) is 3.23. The molecule has 0 aliphatic carbocycles.